The molecule has 0 radical (unpaired) electrons. The molecule has 5 heteroatoms. The molecule has 0 saturated heterocycles. The third-order valence-corrected chi connectivity index (χ3v) is 3.36. The van der Waals surface area contributed by atoms with Crippen LogP contribution in [0, 0.1) is 0 Å². The number of rotatable bonds is 6. The average molecular weight is 272 g/mol. The van der Waals surface area contributed by atoms with Gasteiger partial charge in [0.1, 0.15) is 0 Å². The predicted molar refractivity (Wildman–Crippen MR) is 78.2 cm³/mol. The van der Waals surface area contributed by atoms with Crippen LogP contribution in [-0.4, -0.2) is 28.8 Å². The lowest BCUT2D eigenvalue weighted by molar-refractivity contribution is -0.122. The highest BCUT2D eigenvalue weighted by atomic mass is 16.1. The predicted octanol–water partition coefficient (Wildman–Crippen LogP) is 0.821. The maximum atomic E-state index is 12.2. The minimum atomic E-state index is -0.289. The molecule has 0 fully saturated rings. The molecule has 2 aromatic rings. The summed E-state index contributed by atoms with van der Waals surface area (Å²) in [6.45, 7) is 0.892. The van der Waals surface area contributed by atoms with Gasteiger partial charge in [-0.1, -0.05) is 30.3 Å². The Morgan fingerprint density at radius 3 is 2.70 bits per heavy atom. The van der Waals surface area contributed by atoms with Gasteiger partial charge in [-0.05, 0) is 11.6 Å². The Hall–Kier alpha value is -2.14. The first-order valence-corrected chi connectivity index (χ1v) is 6.72. The summed E-state index contributed by atoms with van der Waals surface area (Å²) in [7, 11) is 1.89. The molecule has 1 amide bonds. The number of nitrogens with two attached hydrogens (primary N) is 1. The SMILES string of the molecule is Cn1nccc1CCNC(=O)C(CN)c1ccccc1. The van der Waals surface area contributed by atoms with Gasteiger partial charge in [0.25, 0.3) is 0 Å². The van der Waals surface area contributed by atoms with Gasteiger partial charge in [0.05, 0.1) is 5.92 Å². The molecule has 0 aliphatic carbocycles. The molecule has 2 rings (SSSR count). The first-order valence-electron chi connectivity index (χ1n) is 6.72. The monoisotopic (exact) mass is 272 g/mol. The lowest BCUT2D eigenvalue weighted by Crippen LogP contribution is -2.34. The number of amides is 1. The Morgan fingerprint density at radius 1 is 1.35 bits per heavy atom. The molecule has 1 aromatic heterocycles. The zero-order valence-corrected chi connectivity index (χ0v) is 11.6. The van der Waals surface area contributed by atoms with Crippen molar-refractivity contribution in [1.82, 2.24) is 15.1 Å². The lowest BCUT2D eigenvalue weighted by Gasteiger charge is -2.15. The number of nitrogens with zero attached hydrogens (tertiary/aromatic N) is 2. The van der Waals surface area contributed by atoms with Crippen molar-refractivity contribution in [2.75, 3.05) is 13.1 Å². The van der Waals surface area contributed by atoms with Gasteiger partial charge in [0.15, 0.2) is 0 Å². The molecule has 0 aliphatic heterocycles. The van der Waals surface area contributed by atoms with Crippen LogP contribution in [0.4, 0.5) is 0 Å². The van der Waals surface area contributed by atoms with Crippen LogP contribution in [0.5, 0.6) is 0 Å². The maximum Gasteiger partial charge on any atom is 0.228 e. The van der Waals surface area contributed by atoms with E-state index in [0.29, 0.717) is 13.1 Å². The van der Waals surface area contributed by atoms with Gasteiger partial charge in [-0.25, -0.2) is 0 Å². The van der Waals surface area contributed by atoms with Gasteiger partial charge in [-0.2, -0.15) is 5.10 Å². The molecule has 3 N–H and O–H groups in total. The molecule has 20 heavy (non-hydrogen) atoms. The maximum absolute atomic E-state index is 12.2. The van der Waals surface area contributed by atoms with E-state index in [-0.39, 0.29) is 11.8 Å². The van der Waals surface area contributed by atoms with Crippen LogP contribution in [0.1, 0.15) is 17.2 Å². The first kappa shape index (κ1) is 14.3. The van der Waals surface area contributed by atoms with Crippen molar-refractivity contribution in [2.45, 2.75) is 12.3 Å². The molecule has 106 valence electrons. The standard InChI is InChI=1S/C15H20N4O/c1-19-13(8-10-18-19)7-9-17-15(20)14(11-16)12-5-3-2-4-6-12/h2-6,8,10,14H,7,9,11,16H2,1H3,(H,17,20). The quantitative estimate of drug-likeness (QED) is 0.817. The van der Waals surface area contributed by atoms with Crippen LogP contribution in [0.25, 0.3) is 0 Å². The van der Waals surface area contributed by atoms with Crippen LogP contribution in [0.15, 0.2) is 42.6 Å². The van der Waals surface area contributed by atoms with E-state index in [1.807, 2.05) is 48.1 Å². The number of nitrogens with one attached hydrogen (secondary N) is 1. The molecule has 1 unspecified atom stereocenters. The second-order valence-corrected chi connectivity index (χ2v) is 4.69. The number of carbonyl (C=O) groups is 1. The van der Waals surface area contributed by atoms with E-state index in [9.17, 15) is 4.79 Å². The third kappa shape index (κ3) is 3.45. The Morgan fingerprint density at radius 2 is 2.10 bits per heavy atom. The van der Waals surface area contributed by atoms with Crippen molar-refractivity contribution in [3.8, 4) is 0 Å². The van der Waals surface area contributed by atoms with Crippen molar-refractivity contribution in [3.05, 3.63) is 53.9 Å². The van der Waals surface area contributed by atoms with E-state index in [0.717, 1.165) is 17.7 Å². The number of aryl methyl sites for hydroxylation is 1. The van der Waals surface area contributed by atoms with Crippen molar-refractivity contribution in [1.29, 1.82) is 0 Å². The Bertz CT molecular complexity index is 550. The normalized spacial score (nSPS) is 12.1. The molecular formula is C15H20N4O. The smallest absolute Gasteiger partial charge is 0.228 e. The Labute approximate surface area is 118 Å². The Kier molecular flexibility index (Phi) is 4.90. The topological polar surface area (TPSA) is 72.9 Å². The second kappa shape index (κ2) is 6.86. The van der Waals surface area contributed by atoms with Crippen LogP contribution in [0.2, 0.25) is 0 Å². The van der Waals surface area contributed by atoms with Gasteiger partial charge >= 0.3 is 0 Å². The van der Waals surface area contributed by atoms with E-state index in [1.54, 1.807) is 6.20 Å². The van der Waals surface area contributed by atoms with E-state index < -0.39 is 0 Å². The highest BCUT2D eigenvalue weighted by Crippen LogP contribution is 2.14. The van der Waals surface area contributed by atoms with E-state index in [2.05, 4.69) is 10.4 Å². The minimum absolute atomic E-state index is 0.0270. The molecule has 0 aliphatic rings. The summed E-state index contributed by atoms with van der Waals surface area (Å²) in [4.78, 5) is 12.2. The van der Waals surface area contributed by atoms with Gasteiger partial charge < -0.3 is 11.1 Å². The van der Waals surface area contributed by atoms with Crippen molar-refractivity contribution in [3.63, 3.8) is 0 Å². The summed E-state index contributed by atoms with van der Waals surface area (Å²) >= 11 is 0. The fourth-order valence-electron chi connectivity index (χ4n) is 2.16. The van der Waals surface area contributed by atoms with Gasteiger partial charge in [0, 0.05) is 38.4 Å². The van der Waals surface area contributed by atoms with Crippen molar-refractivity contribution < 1.29 is 4.79 Å². The molecule has 1 atom stereocenters. The number of carbonyl (C=O) groups excluding carboxylic acids is 1. The zero-order chi connectivity index (χ0) is 14.4. The molecular weight excluding hydrogens is 252 g/mol. The highest BCUT2D eigenvalue weighted by molar-refractivity contribution is 5.83. The van der Waals surface area contributed by atoms with Gasteiger partial charge in [-0.3, -0.25) is 9.48 Å². The molecule has 1 aromatic carbocycles. The summed E-state index contributed by atoms with van der Waals surface area (Å²) in [6.07, 6.45) is 2.51. The van der Waals surface area contributed by atoms with E-state index in [1.165, 1.54) is 0 Å². The average Bonchev–Trinajstić information content (AvgIpc) is 2.86. The highest BCUT2D eigenvalue weighted by Gasteiger charge is 2.18. The van der Waals surface area contributed by atoms with Crippen LogP contribution >= 0.6 is 0 Å². The molecule has 0 spiro atoms. The van der Waals surface area contributed by atoms with E-state index in [4.69, 9.17) is 5.73 Å². The van der Waals surface area contributed by atoms with Crippen LogP contribution in [0.3, 0.4) is 0 Å². The number of benzene rings is 1. The van der Waals surface area contributed by atoms with Gasteiger partial charge in [0.2, 0.25) is 5.91 Å². The Balaban J connectivity index is 1.89. The second-order valence-electron chi connectivity index (χ2n) is 4.69. The van der Waals surface area contributed by atoms with Crippen LogP contribution in [-0.2, 0) is 18.3 Å². The lowest BCUT2D eigenvalue weighted by atomic mass is 9.98. The summed E-state index contributed by atoms with van der Waals surface area (Å²) in [5, 5.41) is 7.03. The number of hydrogen-bond acceptors (Lipinski definition) is 3. The molecule has 1 heterocycles. The third-order valence-electron chi connectivity index (χ3n) is 3.36. The number of hydrogen-bond donors (Lipinski definition) is 2. The van der Waals surface area contributed by atoms with E-state index >= 15 is 0 Å². The largest absolute Gasteiger partial charge is 0.355 e. The van der Waals surface area contributed by atoms with Crippen LogP contribution < -0.4 is 11.1 Å². The zero-order valence-electron chi connectivity index (χ0n) is 11.6. The fourth-order valence-corrected chi connectivity index (χ4v) is 2.16. The van der Waals surface area contributed by atoms with Crippen molar-refractivity contribution in [2.24, 2.45) is 12.8 Å². The molecule has 0 saturated carbocycles. The minimum Gasteiger partial charge on any atom is -0.355 e. The fraction of sp³-hybridized carbons (Fsp3) is 0.333. The molecule has 0 bridgehead atoms. The summed E-state index contributed by atoms with van der Waals surface area (Å²) in [6, 6.07) is 11.6. The first-order chi connectivity index (χ1) is 9.72. The summed E-state index contributed by atoms with van der Waals surface area (Å²) < 4.78 is 1.81. The van der Waals surface area contributed by atoms with Crippen molar-refractivity contribution >= 4 is 5.91 Å². The molecule has 5 nitrogen and oxygen atoms in total. The summed E-state index contributed by atoms with van der Waals surface area (Å²) in [5.41, 5.74) is 7.77. The number of aromatic nitrogens is 2. The van der Waals surface area contributed by atoms with Gasteiger partial charge in [-0.15, -0.1) is 0 Å². The summed E-state index contributed by atoms with van der Waals surface area (Å²) in [5.74, 6) is -0.316.